The molecule has 0 fully saturated rings. The van der Waals surface area contributed by atoms with Gasteiger partial charge >= 0.3 is 0 Å². The van der Waals surface area contributed by atoms with Gasteiger partial charge in [-0.15, -0.1) is 34.9 Å². The second kappa shape index (κ2) is 7.33. The van der Waals surface area contributed by atoms with Gasteiger partial charge in [-0.05, 0) is 53.8 Å². The first-order valence-electron chi connectivity index (χ1n) is 9.60. The minimum atomic E-state index is 0. The molecule has 4 atom stereocenters. The molecule has 1 radical (unpaired) electrons. The fraction of sp³-hybridized carbons (Fsp3) is 0.522. The molecule has 4 rings (SSSR count). The van der Waals surface area contributed by atoms with Crippen molar-refractivity contribution < 1.29 is 20.1 Å². The van der Waals surface area contributed by atoms with Crippen molar-refractivity contribution in [2.24, 2.45) is 0 Å². The second-order valence-electron chi connectivity index (χ2n) is 8.21. The van der Waals surface area contributed by atoms with Gasteiger partial charge in [0.2, 0.25) is 0 Å². The van der Waals surface area contributed by atoms with Gasteiger partial charge in [-0.2, -0.15) is 0 Å². The Hall–Kier alpha value is -0.981. The van der Waals surface area contributed by atoms with E-state index in [4.69, 9.17) is 4.98 Å². The molecule has 25 heavy (non-hydrogen) atoms. The third-order valence-electron chi connectivity index (χ3n) is 6.45. The SMILES string of the molecule is CC1CCC(C)c2cc(-c3cc4c(cn3)C(C)CCC4C)[c-]cc21.[Ir]. The van der Waals surface area contributed by atoms with E-state index in [-0.39, 0.29) is 20.1 Å². The minimum Gasteiger partial charge on any atom is -0.304 e. The summed E-state index contributed by atoms with van der Waals surface area (Å²) in [6.07, 6.45) is 7.30. The predicted octanol–water partition coefficient (Wildman–Crippen LogP) is 6.55. The largest absolute Gasteiger partial charge is 0.304 e. The molecular weight excluding hydrogens is 482 g/mol. The number of rotatable bonds is 1. The molecule has 1 aromatic carbocycles. The van der Waals surface area contributed by atoms with Crippen LogP contribution < -0.4 is 0 Å². The number of pyridine rings is 1. The van der Waals surface area contributed by atoms with Crippen molar-refractivity contribution in [1.29, 1.82) is 0 Å². The van der Waals surface area contributed by atoms with E-state index < -0.39 is 0 Å². The molecule has 135 valence electrons. The normalized spacial score (nSPS) is 27.8. The van der Waals surface area contributed by atoms with Crippen LogP contribution in [0, 0.1) is 6.07 Å². The molecule has 0 aliphatic heterocycles. The van der Waals surface area contributed by atoms with Gasteiger partial charge in [0.05, 0.1) is 0 Å². The summed E-state index contributed by atoms with van der Waals surface area (Å²) < 4.78 is 0. The summed E-state index contributed by atoms with van der Waals surface area (Å²) >= 11 is 0. The van der Waals surface area contributed by atoms with Crippen LogP contribution in [0.4, 0.5) is 0 Å². The fourth-order valence-electron chi connectivity index (χ4n) is 4.61. The predicted molar refractivity (Wildman–Crippen MR) is 101 cm³/mol. The maximum absolute atomic E-state index is 4.81. The molecule has 2 heteroatoms. The summed E-state index contributed by atoms with van der Waals surface area (Å²) in [5, 5.41) is 0. The Labute approximate surface area is 166 Å². The van der Waals surface area contributed by atoms with Crippen LogP contribution in [0.15, 0.2) is 24.4 Å². The maximum atomic E-state index is 4.81. The zero-order valence-electron chi connectivity index (χ0n) is 15.7. The standard InChI is InChI=1S/C23H28N.Ir/c1-14-5-6-15(2)20-11-18(9-10-19(14)20)23-12-21-16(3)7-8-17(4)22(21)13-24-23;/h10-17H,5-8H2,1-4H3;/q-1;. The third-order valence-corrected chi connectivity index (χ3v) is 6.45. The maximum Gasteiger partial charge on any atom is 0.0198 e. The topological polar surface area (TPSA) is 12.9 Å². The van der Waals surface area contributed by atoms with Gasteiger partial charge in [0.25, 0.3) is 0 Å². The summed E-state index contributed by atoms with van der Waals surface area (Å²) in [5.74, 6) is 2.61. The van der Waals surface area contributed by atoms with E-state index in [9.17, 15) is 0 Å². The van der Waals surface area contributed by atoms with Gasteiger partial charge in [-0.1, -0.05) is 46.1 Å². The molecule has 2 aliphatic carbocycles. The Balaban J connectivity index is 0.00000182. The number of benzene rings is 1. The Morgan fingerprint density at radius 2 is 1.28 bits per heavy atom. The van der Waals surface area contributed by atoms with Gasteiger partial charge in [-0.25, -0.2) is 0 Å². The van der Waals surface area contributed by atoms with Crippen LogP contribution >= 0.6 is 0 Å². The first kappa shape index (κ1) is 18.8. The summed E-state index contributed by atoms with van der Waals surface area (Å²) in [5.41, 5.74) is 8.25. The number of fused-ring (bicyclic) bond motifs is 2. The molecule has 1 aromatic heterocycles. The molecule has 0 spiro atoms. The first-order chi connectivity index (χ1) is 11.5. The smallest absolute Gasteiger partial charge is 0.0198 e. The van der Waals surface area contributed by atoms with E-state index in [2.05, 4.69) is 58.2 Å². The molecule has 0 N–H and O–H groups in total. The van der Waals surface area contributed by atoms with Crippen LogP contribution in [0.3, 0.4) is 0 Å². The summed E-state index contributed by atoms with van der Waals surface area (Å²) in [6.45, 7) is 9.39. The molecule has 0 saturated heterocycles. The van der Waals surface area contributed by atoms with Gasteiger partial charge in [0, 0.05) is 26.3 Å². The molecule has 1 nitrogen and oxygen atoms in total. The zero-order valence-corrected chi connectivity index (χ0v) is 18.1. The van der Waals surface area contributed by atoms with Gasteiger partial charge in [0.1, 0.15) is 0 Å². The Bertz CT molecular complexity index is 701. The van der Waals surface area contributed by atoms with Crippen molar-refractivity contribution in [3.63, 3.8) is 0 Å². The van der Waals surface area contributed by atoms with Crippen molar-refractivity contribution in [2.75, 3.05) is 0 Å². The van der Waals surface area contributed by atoms with E-state index in [1.54, 1.807) is 0 Å². The van der Waals surface area contributed by atoms with Gasteiger partial charge < -0.3 is 4.98 Å². The van der Waals surface area contributed by atoms with E-state index in [1.807, 2.05) is 0 Å². The minimum absolute atomic E-state index is 0. The molecule has 2 aromatic rings. The Morgan fingerprint density at radius 1 is 0.760 bits per heavy atom. The van der Waals surface area contributed by atoms with Crippen LogP contribution in [-0.2, 0) is 20.1 Å². The third kappa shape index (κ3) is 3.36. The van der Waals surface area contributed by atoms with Crippen LogP contribution in [0.2, 0.25) is 0 Å². The van der Waals surface area contributed by atoms with E-state index in [1.165, 1.54) is 53.5 Å². The van der Waals surface area contributed by atoms with Crippen molar-refractivity contribution in [1.82, 2.24) is 4.98 Å². The van der Waals surface area contributed by atoms with Crippen LogP contribution in [-0.4, -0.2) is 4.98 Å². The first-order valence-corrected chi connectivity index (χ1v) is 9.60. The fourth-order valence-corrected chi connectivity index (χ4v) is 4.61. The van der Waals surface area contributed by atoms with E-state index in [0.717, 1.165) is 5.69 Å². The summed E-state index contributed by atoms with van der Waals surface area (Å²) in [6, 6.07) is 10.5. The zero-order chi connectivity index (χ0) is 16.8. The average Bonchev–Trinajstić information content (AvgIpc) is 2.61. The van der Waals surface area contributed by atoms with Crippen LogP contribution in [0.1, 0.15) is 99.3 Å². The second-order valence-corrected chi connectivity index (χ2v) is 8.21. The number of aromatic nitrogens is 1. The van der Waals surface area contributed by atoms with Crippen molar-refractivity contribution >= 4 is 0 Å². The van der Waals surface area contributed by atoms with Gasteiger partial charge in [-0.3, -0.25) is 0 Å². The quantitative estimate of drug-likeness (QED) is 0.397. The monoisotopic (exact) mass is 511 g/mol. The number of hydrogen-bond acceptors (Lipinski definition) is 1. The molecular formula is C23H28IrN-. The molecule has 0 saturated carbocycles. The molecule has 2 aliphatic rings. The summed E-state index contributed by atoms with van der Waals surface area (Å²) in [7, 11) is 0. The molecule has 0 bridgehead atoms. The average molecular weight is 511 g/mol. The van der Waals surface area contributed by atoms with Crippen molar-refractivity contribution in [2.45, 2.75) is 77.0 Å². The Morgan fingerprint density at radius 3 is 1.92 bits per heavy atom. The van der Waals surface area contributed by atoms with Crippen LogP contribution in [0.25, 0.3) is 11.3 Å². The van der Waals surface area contributed by atoms with Gasteiger partial charge in [0.15, 0.2) is 0 Å². The summed E-state index contributed by atoms with van der Waals surface area (Å²) in [4.78, 5) is 4.81. The number of hydrogen-bond donors (Lipinski definition) is 0. The van der Waals surface area contributed by atoms with Crippen LogP contribution in [0.5, 0.6) is 0 Å². The Kier molecular flexibility index (Phi) is 5.51. The molecule has 1 heterocycles. The van der Waals surface area contributed by atoms with E-state index in [0.29, 0.717) is 23.7 Å². The molecule has 4 unspecified atom stereocenters. The van der Waals surface area contributed by atoms with E-state index >= 15 is 0 Å². The van der Waals surface area contributed by atoms with Crippen molar-refractivity contribution in [3.8, 4) is 11.3 Å². The molecule has 0 amide bonds. The number of nitrogens with zero attached hydrogens (tertiary/aromatic N) is 1. The van der Waals surface area contributed by atoms with Crippen molar-refractivity contribution in [3.05, 3.63) is 52.7 Å².